The number of hydrogen-bond donors (Lipinski definition) is 2. The third-order valence-electron chi connectivity index (χ3n) is 6.25. The molecule has 2 N–H and O–H groups in total. The standard InChI is InChI=1S/C25H28BN3O5/c1-24(2)25(3,4)34-26(33-24)20(15-27-23(31)32-16-17-8-6-5-7-9-17)13-18-10-11-21-19(12-18)14-28-29-22(21)30/h5-14H,15-16H2,1-4H3,(H,27,31)(H,29,30). The van der Waals surface area contributed by atoms with Crippen LogP contribution in [0.1, 0.15) is 38.8 Å². The number of rotatable bonds is 6. The topological polar surface area (TPSA) is 103 Å². The molecule has 0 aliphatic carbocycles. The number of carbonyl (C=O) groups is 1. The first kappa shape index (κ1) is 23.7. The third-order valence-corrected chi connectivity index (χ3v) is 6.25. The fourth-order valence-corrected chi connectivity index (χ4v) is 3.56. The molecule has 4 rings (SSSR count). The highest BCUT2D eigenvalue weighted by molar-refractivity contribution is 6.56. The van der Waals surface area contributed by atoms with E-state index in [1.165, 1.54) is 0 Å². The SMILES string of the molecule is CC1(C)OB(C(=Cc2ccc3c(=O)[nH]ncc3c2)CNC(=O)OCc2ccccc2)OC1(C)C. The van der Waals surface area contributed by atoms with Crippen LogP contribution in [-0.2, 0) is 20.7 Å². The van der Waals surface area contributed by atoms with Gasteiger partial charge in [-0.05, 0) is 56.4 Å². The fourth-order valence-electron chi connectivity index (χ4n) is 3.56. The van der Waals surface area contributed by atoms with E-state index in [9.17, 15) is 9.59 Å². The highest BCUT2D eigenvalue weighted by Crippen LogP contribution is 2.38. The molecule has 0 saturated carbocycles. The lowest BCUT2D eigenvalue weighted by molar-refractivity contribution is 0.00578. The quantitative estimate of drug-likeness (QED) is 0.541. The maximum atomic E-state index is 12.4. The minimum Gasteiger partial charge on any atom is -0.445 e. The molecule has 0 bridgehead atoms. The van der Waals surface area contributed by atoms with E-state index in [-0.39, 0.29) is 18.7 Å². The number of aromatic amines is 1. The van der Waals surface area contributed by atoms with Crippen LogP contribution in [0.5, 0.6) is 0 Å². The van der Waals surface area contributed by atoms with E-state index >= 15 is 0 Å². The van der Waals surface area contributed by atoms with Gasteiger partial charge in [-0.1, -0.05) is 42.5 Å². The van der Waals surface area contributed by atoms with Crippen molar-refractivity contribution in [1.29, 1.82) is 0 Å². The molecule has 0 spiro atoms. The number of hydrogen-bond acceptors (Lipinski definition) is 6. The molecule has 0 unspecified atom stereocenters. The number of amides is 1. The smallest absolute Gasteiger partial charge is 0.445 e. The molecule has 2 aromatic carbocycles. The highest BCUT2D eigenvalue weighted by atomic mass is 16.7. The van der Waals surface area contributed by atoms with Crippen molar-refractivity contribution in [2.24, 2.45) is 0 Å². The minimum absolute atomic E-state index is 0.163. The average molecular weight is 461 g/mol. The number of H-pyrrole nitrogens is 1. The Balaban J connectivity index is 1.55. The third kappa shape index (κ3) is 5.21. The zero-order chi connectivity index (χ0) is 24.3. The van der Waals surface area contributed by atoms with Gasteiger partial charge in [0.1, 0.15) is 6.61 Å². The fraction of sp³-hybridized carbons (Fsp3) is 0.320. The van der Waals surface area contributed by atoms with Crippen molar-refractivity contribution < 1.29 is 18.8 Å². The molecule has 8 nitrogen and oxygen atoms in total. The van der Waals surface area contributed by atoms with Crippen LogP contribution in [0.4, 0.5) is 4.79 Å². The van der Waals surface area contributed by atoms with Gasteiger partial charge in [-0.15, -0.1) is 0 Å². The van der Waals surface area contributed by atoms with Gasteiger partial charge in [-0.3, -0.25) is 4.79 Å². The number of nitrogens with one attached hydrogen (secondary N) is 2. The molecule has 9 heteroatoms. The summed E-state index contributed by atoms with van der Waals surface area (Å²) in [4.78, 5) is 24.3. The second kappa shape index (κ2) is 9.44. The molecule has 1 amide bonds. The summed E-state index contributed by atoms with van der Waals surface area (Å²) in [6, 6.07) is 14.9. The van der Waals surface area contributed by atoms with Crippen molar-refractivity contribution in [2.45, 2.75) is 45.5 Å². The summed E-state index contributed by atoms with van der Waals surface area (Å²) in [5, 5.41) is 10.4. The zero-order valence-electron chi connectivity index (χ0n) is 19.8. The van der Waals surface area contributed by atoms with Crippen LogP contribution in [0.15, 0.2) is 65.0 Å². The lowest BCUT2D eigenvalue weighted by atomic mass is 9.77. The first-order chi connectivity index (χ1) is 16.1. The number of fused-ring (bicyclic) bond motifs is 1. The van der Waals surface area contributed by atoms with Gasteiger partial charge < -0.3 is 19.4 Å². The summed E-state index contributed by atoms with van der Waals surface area (Å²) >= 11 is 0. The van der Waals surface area contributed by atoms with E-state index in [0.29, 0.717) is 16.2 Å². The molecular formula is C25H28BN3O5. The maximum absolute atomic E-state index is 12.4. The first-order valence-corrected chi connectivity index (χ1v) is 11.1. The van der Waals surface area contributed by atoms with Crippen molar-refractivity contribution in [3.05, 3.63) is 81.7 Å². The van der Waals surface area contributed by atoms with Crippen LogP contribution in [-0.4, -0.2) is 41.2 Å². The molecular weight excluding hydrogens is 433 g/mol. The number of aromatic nitrogens is 2. The Hall–Kier alpha value is -3.43. The van der Waals surface area contributed by atoms with Crippen LogP contribution in [0.2, 0.25) is 0 Å². The van der Waals surface area contributed by atoms with Crippen LogP contribution < -0.4 is 10.9 Å². The predicted molar refractivity (Wildman–Crippen MR) is 131 cm³/mol. The van der Waals surface area contributed by atoms with Gasteiger partial charge in [0.15, 0.2) is 0 Å². The number of alkyl carbamates (subject to hydrolysis) is 1. The van der Waals surface area contributed by atoms with Gasteiger partial charge in [0.2, 0.25) is 0 Å². The summed E-state index contributed by atoms with van der Waals surface area (Å²) < 4.78 is 17.8. The molecule has 3 aromatic rings. The van der Waals surface area contributed by atoms with Crippen LogP contribution in [0.3, 0.4) is 0 Å². The lowest BCUT2D eigenvalue weighted by Gasteiger charge is -2.32. The largest absolute Gasteiger partial charge is 0.492 e. The predicted octanol–water partition coefficient (Wildman–Crippen LogP) is 3.86. The summed E-state index contributed by atoms with van der Waals surface area (Å²) in [6.45, 7) is 8.23. The molecule has 176 valence electrons. The molecule has 0 radical (unpaired) electrons. The maximum Gasteiger partial charge on any atom is 0.492 e. The Bertz CT molecular complexity index is 1250. The number of ether oxygens (including phenoxy) is 1. The molecule has 34 heavy (non-hydrogen) atoms. The van der Waals surface area contributed by atoms with Crippen LogP contribution in [0, 0.1) is 0 Å². The van der Waals surface area contributed by atoms with E-state index in [1.807, 2.05) is 76.2 Å². The summed E-state index contributed by atoms with van der Waals surface area (Å²) in [7, 11) is -0.660. The van der Waals surface area contributed by atoms with Gasteiger partial charge >= 0.3 is 13.2 Å². The molecule has 2 heterocycles. The van der Waals surface area contributed by atoms with Crippen molar-refractivity contribution in [3.63, 3.8) is 0 Å². The molecule has 1 aliphatic heterocycles. The molecule has 0 atom stereocenters. The number of carbonyl (C=O) groups excluding carboxylic acids is 1. The van der Waals surface area contributed by atoms with Gasteiger partial charge in [0, 0.05) is 11.9 Å². The Morgan fingerprint density at radius 3 is 2.53 bits per heavy atom. The summed E-state index contributed by atoms with van der Waals surface area (Å²) in [6.07, 6.45) is 2.95. The van der Waals surface area contributed by atoms with E-state index in [1.54, 1.807) is 12.3 Å². The van der Waals surface area contributed by atoms with Crippen molar-refractivity contribution in [3.8, 4) is 0 Å². The van der Waals surface area contributed by atoms with Gasteiger partial charge in [-0.25, -0.2) is 9.89 Å². The van der Waals surface area contributed by atoms with E-state index in [4.69, 9.17) is 14.0 Å². The monoisotopic (exact) mass is 461 g/mol. The average Bonchev–Trinajstić information content (AvgIpc) is 3.02. The lowest BCUT2D eigenvalue weighted by Crippen LogP contribution is -2.41. The summed E-state index contributed by atoms with van der Waals surface area (Å²) in [5.41, 5.74) is 1.12. The normalized spacial score (nSPS) is 17.1. The van der Waals surface area contributed by atoms with Crippen molar-refractivity contribution >= 4 is 30.1 Å². The Labute approximate surface area is 198 Å². The van der Waals surface area contributed by atoms with E-state index in [0.717, 1.165) is 11.1 Å². The Morgan fingerprint density at radius 1 is 1.12 bits per heavy atom. The second-order valence-corrected chi connectivity index (χ2v) is 9.27. The first-order valence-electron chi connectivity index (χ1n) is 11.1. The minimum atomic E-state index is -0.660. The molecule has 1 fully saturated rings. The number of nitrogens with zero attached hydrogens (tertiary/aromatic N) is 1. The van der Waals surface area contributed by atoms with Gasteiger partial charge in [-0.2, -0.15) is 5.10 Å². The highest BCUT2D eigenvalue weighted by Gasteiger charge is 2.52. The van der Waals surface area contributed by atoms with Crippen LogP contribution >= 0.6 is 0 Å². The van der Waals surface area contributed by atoms with E-state index in [2.05, 4.69) is 15.5 Å². The Kier molecular flexibility index (Phi) is 6.59. The zero-order valence-corrected chi connectivity index (χ0v) is 19.8. The Morgan fingerprint density at radius 2 is 1.82 bits per heavy atom. The summed E-state index contributed by atoms with van der Waals surface area (Å²) in [5.74, 6) is 0. The molecule has 1 aliphatic rings. The van der Waals surface area contributed by atoms with Crippen molar-refractivity contribution in [1.82, 2.24) is 15.5 Å². The van der Waals surface area contributed by atoms with Crippen molar-refractivity contribution in [2.75, 3.05) is 6.54 Å². The second-order valence-electron chi connectivity index (χ2n) is 9.27. The van der Waals surface area contributed by atoms with Gasteiger partial charge in [0.05, 0.1) is 22.8 Å². The van der Waals surface area contributed by atoms with Gasteiger partial charge in [0.25, 0.3) is 5.56 Å². The molecule has 1 aromatic heterocycles. The van der Waals surface area contributed by atoms with Crippen LogP contribution in [0.25, 0.3) is 16.8 Å². The number of benzene rings is 2. The van der Waals surface area contributed by atoms with E-state index < -0.39 is 24.4 Å². The molecule has 1 saturated heterocycles.